The van der Waals surface area contributed by atoms with Crippen LogP contribution in [0.15, 0.2) is 18.2 Å². The summed E-state index contributed by atoms with van der Waals surface area (Å²) in [6, 6.07) is 3.81. The number of halogens is 2. The first-order chi connectivity index (χ1) is 9.78. The summed E-state index contributed by atoms with van der Waals surface area (Å²) in [7, 11) is 0. The summed E-state index contributed by atoms with van der Waals surface area (Å²) in [6.07, 6.45) is 2.57. The molecule has 1 aromatic rings. The minimum absolute atomic E-state index is 0.0167. The van der Waals surface area contributed by atoms with Gasteiger partial charge in [0, 0.05) is 36.8 Å². The maximum absolute atomic E-state index is 13.4. The van der Waals surface area contributed by atoms with Gasteiger partial charge in [-0.15, -0.1) is 0 Å². The van der Waals surface area contributed by atoms with Crippen LogP contribution in [0.4, 0.5) is 8.78 Å². The molecule has 0 amide bonds. The van der Waals surface area contributed by atoms with Crippen LogP contribution in [-0.4, -0.2) is 29.1 Å². The van der Waals surface area contributed by atoms with Gasteiger partial charge in [0.25, 0.3) is 0 Å². The van der Waals surface area contributed by atoms with Crippen LogP contribution in [0.25, 0.3) is 0 Å². The van der Waals surface area contributed by atoms with Gasteiger partial charge in [0.1, 0.15) is 11.6 Å². The molecule has 1 atom stereocenters. The molecule has 2 aliphatic rings. The lowest BCUT2D eigenvalue weighted by molar-refractivity contribution is 0.0177. The van der Waals surface area contributed by atoms with E-state index in [1.807, 2.05) is 0 Å². The molecule has 2 nitrogen and oxygen atoms in total. The Morgan fingerprint density at radius 1 is 1.14 bits per heavy atom. The van der Waals surface area contributed by atoms with E-state index in [9.17, 15) is 8.78 Å². The quantitative estimate of drug-likeness (QED) is 0.920. The zero-order chi connectivity index (χ0) is 15.3. The van der Waals surface area contributed by atoms with Crippen LogP contribution in [0, 0.1) is 17.6 Å². The van der Waals surface area contributed by atoms with Gasteiger partial charge in [-0.25, -0.2) is 8.78 Å². The minimum atomic E-state index is -0.497. The number of hydrogen-bond acceptors (Lipinski definition) is 2. The summed E-state index contributed by atoms with van der Waals surface area (Å²) >= 11 is 0. The van der Waals surface area contributed by atoms with Crippen molar-refractivity contribution < 1.29 is 8.78 Å². The van der Waals surface area contributed by atoms with Gasteiger partial charge < -0.3 is 5.32 Å². The first-order valence-corrected chi connectivity index (χ1v) is 7.74. The van der Waals surface area contributed by atoms with Gasteiger partial charge in [0.05, 0.1) is 0 Å². The van der Waals surface area contributed by atoms with E-state index in [0.717, 1.165) is 25.1 Å². The van der Waals surface area contributed by atoms with Gasteiger partial charge in [0.2, 0.25) is 0 Å². The molecule has 2 fully saturated rings. The van der Waals surface area contributed by atoms with Crippen molar-refractivity contribution in [3.05, 3.63) is 35.4 Å². The monoisotopic (exact) mass is 294 g/mol. The Labute approximate surface area is 125 Å². The van der Waals surface area contributed by atoms with E-state index in [2.05, 4.69) is 31.0 Å². The zero-order valence-corrected chi connectivity index (χ0v) is 13.0. The van der Waals surface area contributed by atoms with Crippen LogP contribution in [0.3, 0.4) is 0 Å². The second-order valence-corrected chi connectivity index (χ2v) is 7.49. The number of nitrogens with zero attached hydrogens (tertiary/aromatic N) is 1. The number of nitrogens with one attached hydrogen (secondary N) is 1. The smallest absolute Gasteiger partial charge is 0.126 e. The topological polar surface area (TPSA) is 15.3 Å². The molecule has 1 saturated heterocycles. The SMILES string of the molecule is CC1(C2CC2)CN(Cc2cc(F)cc(F)c2)C(C)(C)CN1. The summed E-state index contributed by atoms with van der Waals surface area (Å²) in [5.74, 6) is -0.258. The molecule has 1 saturated carbocycles. The third-order valence-electron chi connectivity index (χ3n) is 5.07. The molecular formula is C17H24F2N2. The van der Waals surface area contributed by atoms with E-state index < -0.39 is 11.6 Å². The molecule has 4 heteroatoms. The largest absolute Gasteiger partial charge is 0.308 e. The Morgan fingerprint density at radius 2 is 1.76 bits per heavy atom. The molecule has 21 heavy (non-hydrogen) atoms. The van der Waals surface area contributed by atoms with Crippen molar-refractivity contribution in [2.45, 2.75) is 51.2 Å². The fourth-order valence-corrected chi connectivity index (χ4v) is 3.38. The normalized spacial score (nSPS) is 29.6. The van der Waals surface area contributed by atoms with Crippen LogP contribution in [0.2, 0.25) is 0 Å². The summed E-state index contributed by atoms with van der Waals surface area (Å²) < 4.78 is 26.8. The van der Waals surface area contributed by atoms with Crippen molar-refractivity contribution in [3.8, 4) is 0 Å². The molecule has 1 aromatic carbocycles. The van der Waals surface area contributed by atoms with Crippen LogP contribution >= 0.6 is 0 Å². The maximum Gasteiger partial charge on any atom is 0.126 e. The van der Waals surface area contributed by atoms with E-state index in [4.69, 9.17) is 0 Å². The summed E-state index contributed by atoms with van der Waals surface area (Å²) in [5.41, 5.74) is 0.819. The van der Waals surface area contributed by atoms with Gasteiger partial charge in [-0.1, -0.05) is 0 Å². The Morgan fingerprint density at radius 3 is 2.33 bits per heavy atom. The van der Waals surface area contributed by atoms with Crippen LogP contribution < -0.4 is 5.32 Å². The van der Waals surface area contributed by atoms with Gasteiger partial charge >= 0.3 is 0 Å². The molecule has 0 aromatic heterocycles. The van der Waals surface area contributed by atoms with Crippen molar-refractivity contribution in [2.75, 3.05) is 13.1 Å². The van der Waals surface area contributed by atoms with Crippen LogP contribution in [-0.2, 0) is 6.54 Å². The number of rotatable bonds is 3. The van der Waals surface area contributed by atoms with Crippen LogP contribution in [0.5, 0.6) is 0 Å². The van der Waals surface area contributed by atoms with Crippen molar-refractivity contribution in [3.63, 3.8) is 0 Å². The molecule has 1 N–H and O–H groups in total. The van der Waals surface area contributed by atoms with Gasteiger partial charge in [-0.05, 0) is 57.2 Å². The highest BCUT2D eigenvalue weighted by molar-refractivity contribution is 5.19. The fourth-order valence-electron chi connectivity index (χ4n) is 3.38. The highest BCUT2D eigenvalue weighted by Crippen LogP contribution is 2.42. The lowest BCUT2D eigenvalue weighted by Crippen LogP contribution is -2.67. The van der Waals surface area contributed by atoms with Crippen molar-refractivity contribution in [1.29, 1.82) is 0 Å². The van der Waals surface area contributed by atoms with E-state index in [0.29, 0.717) is 12.1 Å². The first-order valence-electron chi connectivity index (χ1n) is 7.74. The first kappa shape index (κ1) is 14.9. The van der Waals surface area contributed by atoms with Gasteiger partial charge in [-0.3, -0.25) is 4.90 Å². The average molecular weight is 294 g/mol. The van der Waals surface area contributed by atoms with E-state index >= 15 is 0 Å². The summed E-state index contributed by atoms with van der Waals surface area (Å²) in [5, 5.41) is 3.70. The minimum Gasteiger partial charge on any atom is -0.308 e. The van der Waals surface area contributed by atoms with E-state index in [-0.39, 0.29) is 11.1 Å². The molecule has 3 rings (SSSR count). The molecule has 116 valence electrons. The van der Waals surface area contributed by atoms with E-state index in [1.54, 1.807) is 0 Å². The van der Waals surface area contributed by atoms with E-state index in [1.165, 1.54) is 25.0 Å². The third kappa shape index (κ3) is 3.11. The molecule has 1 aliphatic heterocycles. The average Bonchev–Trinajstić information content (AvgIpc) is 3.18. The molecule has 1 heterocycles. The van der Waals surface area contributed by atoms with Gasteiger partial charge in [-0.2, -0.15) is 0 Å². The van der Waals surface area contributed by atoms with Crippen LogP contribution in [0.1, 0.15) is 39.2 Å². The fraction of sp³-hybridized carbons (Fsp3) is 0.647. The van der Waals surface area contributed by atoms with Gasteiger partial charge in [0.15, 0.2) is 0 Å². The lowest BCUT2D eigenvalue weighted by atomic mass is 9.86. The summed E-state index contributed by atoms with van der Waals surface area (Å²) in [6.45, 7) is 9.05. The molecule has 1 unspecified atom stereocenters. The second-order valence-electron chi connectivity index (χ2n) is 7.49. The maximum atomic E-state index is 13.4. The Balaban J connectivity index is 1.80. The summed E-state index contributed by atoms with van der Waals surface area (Å²) in [4.78, 5) is 2.36. The highest BCUT2D eigenvalue weighted by Gasteiger charge is 2.47. The molecule has 0 radical (unpaired) electrons. The predicted molar refractivity (Wildman–Crippen MR) is 80.0 cm³/mol. The van der Waals surface area contributed by atoms with Crippen molar-refractivity contribution in [1.82, 2.24) is 10.2 Å². The number of piperazine rings is 1. The zero-order valence-electron chi connectivity index (χ0n) is 13.0. The lowest BCUT2D eigenvalue weighted by Gasteiger charge is -2.51. The standard InChI is InChI=1S/C17H24F2N2/c1-16(2)10-20-17(3,13-4-5-13)11-21(16)9-12-6-14(18)8-15(19)7-12/h6-8,13,20H,4-5,9-11H2,1-3H3. The third-order valence-corrected chi connectivity index (χ3v) is 5.07. The highest BCUT2D eigenvalue weighted by atomic mass is 19.1. The second kappa shape index (κ2) is 5.03. The predicted octanol–water partition coefficient (Wildman–Crippen LogP) is 3.32. The molecular weight excluding hydrogens is 270 g/mol. The van der Waals surface area contributed by atoms with Crippen molar-refractivity contribution in [2.24, 2.45) is 5.92 Å². The Kier molecular flexibility index (Phi) is 3.57. The molecule has 1 aliphatic carbocycles. The van der Waals surface area contributed by atoms with Crippen molar-refractivity contribution >= 4 is 0 Å². The molecule has 0 bridgehead atoms. The Hall–Kier alpha value is -1.00. The molecule has 0 spiro atoms. The Bertz CT molecular complexity index is 519. The number of benzene rings is 1. The number of hydrogen-bond donors (Lipinski definition) is 1.